The molecule has 134 valence electrons. The highest BCUT2D eigenvalue weighted by Gasteiger charge is 2.25. The minimum atomic E-state index is -0.641. The number of aromatic nitrogens is 2. The molecule has 0 N–H and O–H groups in total. The maximum absolute atomic E-state index is 12.3. The topological polar surface area (TPSA) is 95.2 Å². The summed E-state index contributed by atoms with van der Waals surface area (Å²) in [7, 11) is 0. The molecule has 0 saturated heterocycles. The molecule has 0 spiro atoms. The van der Waals surface area contributed by atoms with Gasteiger partial charge in [-0.3, -0.25) is 10.1 Å². The molecule has 0 unspecified atom stereocenters. The van der Waals surface area contributed by atoms with Crippen molar-refractivity contribution in [2.75, 3.05) is 6.61 Å². The van der Waals surface area contributed by atoms with Gasteiger partial charge in [0.15, 0.2) is 5.69 Å². The van der Waals surface area contributed by atoms with Gasteiger partial charge in [0.2, 0.25) is 0 Å². The van der Waals surface area contributed by atoms with Crippen LogP contribution in [0.4, 0.5) is 5.69 Å². The second-order valence-electron chi connectivity index (χ2n) is 5.92. The lowest BCUT2D eigenvalue weighted by Gasteiger charge is -2.14. The van der Waals surface area contributed by atoms with Gasteiger partial charge in [0.25, 0.3) is 5.69 Å². The summed E-state index contributed by atoms with van der Waals surface area (Å²) in [5, 5.41) is 11.4. The Kier molecular flexibility index (Phi) is 5.36. The molecular weight excluding hydrogens is 334 g/mol. The quantitative estimate of drug-likeness (QED) is 0.454. The maximum Gasteiger partial charge on any atom is 0.359 e. The summed E-state index contributed by atoms with van der Waals surface area (Å²) >= 11 is 0. The molecule has 1 aliphatic carbocycles. The Bertz CT molecular complexity index is 877. The molecule has 1 heterocycles. The monoisotopic (exact) mass is 353 g/mol. The summed E-state index contributed by atoms with van der Waals surface area (Å²) in [6.07, 6.45) is 7.70. The summed E-state index contributed by atoms with van der Waals surface area (Å²) < 4.78 is 5.05. The van der Waals surface area contributed by atoms with Crippen LogP contribution in [0, 0.1) is 10.1 Å². The van der Waals surface area contributed by atoms with Crippen molar-refractivity contribution in [2.24, 2.45) is 0 Å². The van der Waals surface area contributed by atoms with E-state index in [1.165, 1.54) is 6.07 Å². The van der Waals surface area contributed by atoms with Crippen molar-refractivity contribution in [3.8, 4) is 11.3 Å². The van der Waals surface area contributed by atoms with E-state index in [-0.39, 0.29) is 29.2 Å². The fourth-order valence-corrected chi connectivity index (χ4v) is 2.98. The van der Waals surface area contributed by atoms with Crippen LogP contribution in [0.1, 0.15) is 48.8 Å². The molecule has 7 heteroatoms. The van der Waals surface area contributed by atoms with Crippen molar-refractivity contribution >= 4 is 17.2 Å². The van der Waals surface area contributed by atoms with E-state index < -0.39 is 10.9 Å². The molecule has 0 bridgehead atoms. The van der Waals surface area contributed by atoms with Gasteiger partial charge >= 0.3 is 5.97 Å². The van der Waals surface area contributed by atoms with Crippen molar-refractivity contribution in [3.63, 3.8) is 0 Å². The number of para-hydroxylation sites is 1. The van der Waals surface area contributed by atoms with E-state index in [9.17, 15) is 14.9 Å². The van der Waals surface area contributed by atoms with Crippen LogP contribution in [0.5, 0.6) is 0 Å². The van der Waals surface area contributed by atoms with Crippen LogP contribution < -0.4 is 0 Å². The summed E-state index contributed by atoms with van der Waals surface area (Å²) in [6, 6.07) is 6.21. The van der Waals surface area contributed by atoms with Crippen molar-refractivity contribution < 1.29 is 14.5 Å². The van der Waals surface area contributed by atoms with E-state index >= 15 is 0 Å². The number of benzene rings is 1. The van der Waals surface area contributed by atoms with Gasteiger partial charge in [-0.15, -0.1) is 0 Å². The van der Waals surface area contributed by atoms with Gasteiger partial charge < -0.3 is 4.74 Å². The molecule has 2 aromatic rings. The number of allylic oxidation sites excluding steroid dienone is 2. The second kappa shape index (κ2) is 7.86. The standard InChI is InChI=1S/C19H19N3O4/c1-2-26-19(23)18-17(14-10-6-7-11-16(14)22(24)25)21-15(12-20-18)13-8-4-3-5-9-13/h6-8,10-12H,2-5,9H2,1H3. The van der Waals surface area contributed by atoms with Gasteiger partial charge in [-0.25, -0.2) is 14.8 Å². The van der Waals surface area contributed by atoms with Crippen LogP contribution in [0.25, 0.3) is 16.8 Å². The number of nitro groups is 1. The summed E-state index contributed by atoms with van der Waals surface area (Å²) in [5.41, 5.74) is 2.00. The lowest BCUT2D eigenvalue weighted by Crippen LogP contribution is -2.12. The predicted octanol–water partition coefficient (Wildman–Crippen LogP) is 4.19. The average Bonchev–Trinajstić information content (AvgIpc) is 2.68. The zero-order valence-electron chi connectivity index (χ0n) is 14.5. The number of hydrogen-bond acceptors (Lipinski definition) is 6. The minimum absolute atomic E-state index is 0.0127. The molecule has 1 aliphatic rings. The first kappa shape index (κ1) is 17.7. The first-order chi connectivity index (χ1) is 12.6. The summed E-state index contributed by atoms with van der Waals surface area (Å²) in [6.45, 7) is 1.88. The largest absolute Gasteiger partial charge is 0.461 e. The molecule has 3 rings (SSSR count). The van der Waals surface area contributed by atoms with Crippen molar-refractivity contribution in [3.05, 3.63) is 58.0 Å². The fourth-order valence-electron chi connectivity index (χ4n) is 2.98. The molecule has 1 aromatic heterocycles. The number of nitrogens with zero attached hydrogens (tertiary/aromatic N) is 3. The lowest BCUT2D eigenvalue weighted by atomic mass is 9.97. The van der Waals surface area contributed by atoms with E-state index in [0.29, 0.717) is 5.69 Å². The van der Waals surface area contributed by atoms with E-state index in [4.69, 9.17) is 4.74 Å². The van der Waals surface area contributed by atoms with Gasteiger partial charge in [0, 0.05) is 6.07 Å². The van der Waals surface area contributed by atoms with Gasteiger partial charge in [-0.05, 0) is 44.2 Å². The van der Waals surface area contributed by atoms with Crippen molar-refractivity contribution in [1.82, 2.24) is 9.97 Å². The molecule has 1 aromatic carbocycles. The molecule has 0 radical (unpaired) electrons. The Labute approximate surface area is 150 Å². The normalized spacial score (nSPS) is 13.8. The van der Waals surface area contributed by atoms with Crippen LogP contribution in [-0.4, -0.2) is 27.5 Å². The molecule has 0 saturated carbocycles. The molecule has 26 heavy (non-hydrogen) atoms. The lowest BCUT2D eigenvalue weighted by molar-refractivity contribution is -0.384. The third kappa shape index (κ3) is 3.61. The molecule has 0 atom stereocenters. The third-order valence-electron chi connectivity index (χ3n) is 4.22. The highest BCUT2D eigenvalue weighted by atomic mass is 16.6. The summed E-state index contributed by atoms with van der Waals surface area (Å²) in [4.78, 5) is 32.1. The van der Waals surface area contributed by atoms with Gasteiger partial charge in [-0.2, -0.15) is 0 Å². The number of rotatable bonds is 5. The highest BCUT2D eigenvalue weighted by Crippen LogP contribution is 2.32. The highest BCUT2D eigenvalue weighted by molar-refractivity contribution is 5.95. The van der Waals surface area contributed by atoms with Crippen molar-refractivity contribution in [1.29, 1.82) is 0 Å². The van der Waals surface area contributed by atoms with E-state index in [1.807, 2.05) is 0 Å². The molecule has 7 nitrogen and oxygen atoms in total. The zero-order chi connectivity index (χ0) is 18.5. The van der Waals surface area contributed by atoms with Crippen LogP contribution in [-0.2, 0) is 4.74 Å². The van der Waals surface area contributed by atoms with Crippen molar-refractivity contribution in [2.45, 2.75) is 32.6 Å². The number of hydrogen-bond donors (Lipinski definition) is 0. The average molecular weight is 353 g/mol. The molecule has 0 amide bonds. The van der Waals surface area contributed by atoms with Gasteiger partial charge in [-0.1, -0.05) is 18.2 Å². The second-order valence-corrected chi connectivity index (χ2v) is 5.92. The number of carbonyl (C=O) groups is 1. The maximum atomic E-state index is 12.3. The molecular formula is C19H19N3O4. The van der Waals surface area contributed by atoms with E-state index in [1.54, 1.807) is 31.3 Å². The number of carbonyl (C=O) groups excluding carboxylic acids is 1. The number of nitro benzene ring substituents is 1. The van der Waals surface area contributed by atoms with Crippen LogP contribution >= 0.6 is 0 Å². The van der Waals surface area contributed by atoms with Crippen LogP contribution in [0.3, 0.4) is 0 Å². The molecule has 0 fully saturated rings. The van der Waals surface area contributed by atoms with Gasteiger partial charge in [0.05, 0.1) is 29.0 Å². The Morgan fingerprint density at radius 2 is 2.12 bits per heavy atom. The SMILES string of the molecule is CCOC(=O)c1ncc(C2=CCCCC2)nc1-c1ccccc1[N+](=O)[O-]. The third-order valence-corrected chi connectivity index (χ3v) is 4.22. The smallest absolute Gasteiger partial charge is 0.359 e. The minimum Gasteiger partial charge on any atom is -0.461 e. The van der Waals surface area contributed by atoms with E-state index in [2.05, 4.69) is 16.0 Å². The first-order valence-corrected chi connectivity index (χ1v) is 8.59. The Balaban J connectivity index is 2.18. The number of ether oxygens (including phenoxy) is 1. The predicted molar refractivity (Wildman–Crippen MR) is 96.5 cm³/mol. The summed E-state index contributed by atoms with van der Waals surface area (Å²) in [5.74, 6) is -0.641. The Morgan fingerprint density at radius 3 is 2.81 bits per heavy atom. The van der Waals surface area contributed by atoms with Crippen LogP contribution in [0.2, 0.25) is 0 Å². The Hall–Kier alpha value is -3.09. The Morgan fingerprint density at radius 1 is 1.31 bits per heavy atom. The van der Waals surface area contributed by atoms with Gasteiger partial charge in [0.1, 0.15) is 5.69 Å². The number of esters is 1. The molecule has 0 aliphatic heterocycles. The zero-order valence-corrected chi connectivity index (χ0v) is 14.5. The first-order valence-electron chi connectivity index (χ1n) is 8.59. The van der Waals surface area contributed by atoms with Crippen LogP contribution in [0.15, 0.2) is 36.5 Å². The van der Waals surface area contributed by atoms with E-state index in [0.717, 1.165) is 31.3 Å². The fraction of sp³-hybridized carbons (Fsp3) is 0.316.